The maximum Gasteiger partial charge on any atom is 0.332 e. The highest BCUT2D eigenvalue weighted by Crippen LogP contribution is 2.36. The van der Waals surface area contributed by atoms with E-state index in [0.29, 0.717) is 30.4 Å². The molecule has 0 bridgehead atoms. The van der Waals surface area contributed by atoms with E-state index in [2.05, 4.69) is 0 Å². The van der Waals surface area contributed by atoms with Crippen molar-refractivity contribution >= 4 is 46.6 Å². The summed E-state index contributed by atoms with van der Waals surface area (Å²) in [5, 5.41) is 22.4. The number of hydrogen-bond acceptors (Lipinski definition) is 8. The summed E-state index contributed by atoms with van der Waals surface area (Å²) in [5.74, 6) is -0.870. The Morgan fingerprint density at radius 1 is 0.628 bits per heavy atom. The first-order chi connectivity index (χ1) is 20.0. The molecule has 0 aliphatic carbocycles. The Balaban J connectivity index is 1.39. The number of hydrogen-bond donors (Lipinski definition) is 0. The number of urea groups is 2. The van der Waals surface area contributed by atoms with E-state index in [-0.39, 0.29) is 35.8 Å². The third kappa shape index (κ3) is 5.28. The van der Waals surface area contributed by atoms with E-state index < -0.39 is 44.8 Å². The van der Waals surface area contributed by atoms with Crippen LogP contribution in [0.5, 0.6) is 0 Å². The number of carbonyl (C=O) groups excluding carboxylic acids is 4. The maximum atomic E-state index is 13.3. The summed E-state index contributed by atoms with van der Waals surface area (Å²) in [6.07, 6.45) is 1.64. The van der Waals surface area contributed by atoms with Gasteiger partial charge in [0.05, 0.1) is 21.2 Å². The molecule has 2 heterocycles. The Kier molecular flexibility index (Phi) is 8.00. The monoisotopic (exact) mass is 594 g/mol. The van der Waals surface area contributed by atoms with Gasteiger partial charge in [0, 0.05) is 36.3 Å². The smallest absolute Gasteiger partial charge is 0.310 e. The van der Waals surface area contributed by atoms with Crippen molar-refractivity contribution in [3.8, 4) is 0 Å². The van der Waals surface area contributed by atoms with Gasteiger partial charge in [-0.05, 0) is 85.1 Å². The predicted octanol–water partition coefficient (Wildman–Crippen LogP) is 5.08. The van der Waals surface area contributed by atoms with Crippen molar-refractivity contribution in [1.82, 2.24) is 9.80 Å². The lowest BCUT2D eigenvalue weighted by Crippen LogP contribution is -2.45. The summed E-state index contributed by atoms with van der Waals surface area (Å²) in [6.45, 7) is 10.2. The van der Waals surface area contributed by atoms with Gasteiger partial charge in [-0.1, -0.05) is 0 Å². The van der Waals surface area contributed by atoms with Crippen molar-refractivity contribution in [1.29, 1.82) is 0 Å². The zero-order chi connectivity index (χ0) is 32.0. The quantitative estimate of drug-likeness (QED) is 0.159. The number of imide groups is 2. The van der Waals surface area contributed by atoms with Crippen LogP contribution in [0.1, 0.15) is 58.1 Å². The van der Waals surface area contributed by atoms with E-state index in [9.17, 15) is 39.4 Å². The molecule has 2 saturated heterocycles. The van der Waals surface area contributed by atoms with Crippen molar-refractivity contribution in [2.24, 2.45) is 0 Å². The molecular formula is C29H34N6O8. The van der Waals surface area contributed by atoms with Crippen LogP contribution in [0.25, 0.3) is 0 Å². The second kappa shape index (κ2) is 11.1. The van der Waals surface area contributed by atoms with Crippen LogP contribution in [-0.2, 0) is 9.59 Å². The molecule has 0 aromatic heterocycles. The number of rotatable bonds is 10. The van der Waals surface area contributed by atoms with Crippen LogP contribution in [-0.4, -0.2) is 67.7 Å². The summed E-state index contributed by atoms with van der Waals surface area (Å²) in [7, 11) is 0. The summed E-state index contributed by atoms with van der Waals surface area (Å²) < 4.78 is 0. The largest absolute Gasteiger partial charge is 0.332 e. The number of aryl methyl sites for hydroxylation is 2. The maximum absolute atomic E-state index is 13.3. The Bertz CT molecular complexity index is 1440. The second-order valence-electron chi connectivity index (χ2n) is 11.8. The molecule has 14 nitrogen and oxygen atoms in total. The van der Waals surface area contributed by atoms with Crippen molar-refractivity contribution in [3.05, 3.63) is 67.8 Å². The fourth-order valence-corrected chi connectivity index (χ4v) is 5.56. The molecule has 6 amide bonds. The highest BCUT2D eigenvalue weighted by atomic mass is 16.6. The number of benzene rings is 2. The molecule has 2 aromatic carbocycles. The first-order valence-electron chi connectivity index (χ1n) is 13.8. The molecular weight excluding hydrogens is 560 g/mol. The zero-order valence-electron chi connectivity index (χ0n) is 24.9. The Hall–Kier alpha value is -4.88. The number of unbranched alkanes of at least 4 members (excludes halogenated alkanes) is 2. The molecule has 0 atom stereocenters. The summed E-state index contributed by atoms with van der Waals surface area (Å²) in [5.41, 5.74) is -1.27. The molecule has 4 rings (SSSR count). The number of carbonyl (C=O) groups is 4. The molecule has 228 valence electrons. The van der Waals surface area contributed by atoms with Crippen molar-refractivity contribution in [3.63, 3.8) is 0 Å². The van der Waals surface area contributed by atoms with Crippen molar-refractivity contribution in [2.45, 2.75) is 71.9 Å². The van der Waals surface area contributed by atoms with E-state index in [1.807, 2.05) is 0 Å². The number of nitro benzene ring substituents is 2. The molecule has 0 unspecified atom stereocenters. The topological polar surface area (TPSA) is 168 Å². The van der Waals surface area contributed by atoms with Gasteiger partial charge in [0.25, 0.3) is 23.2 Å². The average Bonchev–Trinajstić information content (AvgIpc) is 3.19. The third-order valence-corrected chi connectivity index (χ3v) is 8.18. The first-order valence-corrected chi connectivity index (χ1v) is 13.8. The molecule has 2 aliphatic rings. The summed E-state index contributed by atoms with van der Waals surface area (Å²) in [4.78, 5) is 79.4. The van der Waals surface area contributed by atoms with Crippen molar-refractivity contribution in [2.75, 3.05) is 22.9 Å². The van der Waals surface area contributed by atoms with Crippen LogP contribution in [0.3, 0.4) is 0 Å². The predicted molar refractivity (Wildman–Crippen MR) is 157 cm³/mol. The molecule has 0 saturated carbocycles. The number of amides is 6. The van der Waals surface area contributed by atoms with Gasteiger partial charge in [0.2, 0.25) is 0 Å². The molecule has 0 N–H and O–H groups in total. The van der Waals surface area contributed by atoms with Crippen LogP contribution >= 0.6 is 0 Å². The lowest BCUT2D eigenvalue weighted by atomic mass is 10.0. The van der Waals surface area contributed by atoms with Crippen LogP contribution in [0, 0.1) is 34.1 Å². The Morgan fingerprint density at radius 2 is 0.977 bits per heavy atom. The molecule has 0 radical (unpaired) electrons. The number of anilines is 2. The lowest BCUT2D eigenvalue weighted by molar-refractivity contribution is -0.385. The van der Waals surface area contributed by atoms with E-state index in [4.69, 9.17) is 0 Å². The number of nitrogens with zero attached hydrogens (tertiary/aromatic N) is 6. The van der Waals surface area contributed by atoms with Gasteiger partial charge in [-0.15, -0.1) is 0 Å². The summed E-state index contributed by atoms with van der Waals surface area (Å²) >= 11 is 0. The van der Waals surface area contributed by atoms with Gasteiger partial charge in [-0.25, -0.2) is 19.4 Å². The minimum atomic E-state index is -1.13. The van der Waals surface area contributed by atoms with Crippen LogP contribution < -0.4 is 9.80 Å². The summed E-state index contributed by atoms with van der Waals surface area (Å²) in [6, 6.07) is 7.19. The van der Waals surface area contributed by atoms with Gasteiger partial charge >= 0.3 is 12.1 Å². The fraction of sp³-hybridized carbons (Fsp3) is 0.448. The van der Waals surface area contributed by atoms with E-state index >= 15 is 0 Å². The average molecular weight is 595 g/mol. The molecule has 43 heavy (non-hydrogen) atoms. The Labute approximate surface area is 248 Å². The highest BCUT2D eigenvalue weighted by molar-refractivity contribution is 6.23. The van der Waals surface area contributed by atoms with Crippen LogP contribution in [0.2, 0.25) is 0 Å². The van der Waals surface area contributed by atoms with Crippen LogP contribution in [0.4, 0.5) is 32.3 Å². The van der Waals surface area contributed by atoms with Gasteiger partial charge < -0.3 is 9.80 Å². The second-order valence-corrected chi connectivity index (χ2v) is 11.8. The zero-order valence-corrected chi connectivity index (χ0v) is 24.9. The highest BCUT2D eigenvalue weighted by Gasteiger charge is 2.53. The van der Waals surface area contributed by atoms with E-state index in [0.717, 1.165) is 9.80 Å². The molecule has 0 spiro atoms. The first kappa shape index (κ1) is 31.1. The van der Waals surface area contributed by atoms with E-state index in [1.165, 1.54) is 46.2 Å². The van der Waals surface area contributed by atoms with Gasteiger partial charge in [-0.3, -0.25) is 29.8 Å². The SMILES string of the molecule is Cc1cc(N2C(=O)N(CCCCCN3C(=O)N(c4ccc([N+](=O)[O-])c(C)c4)C(=O)C3(C)C)C(C)(C)C2=O)ccc1[N+](=O)[O-]. The lowest BCUT2D eigenvalue weighted by Gasteiger charge is -2.29. The van der Waals surface area contributed by atoms with Crippen molar-refractivity contribution < 1.29 is 29.0 Å². The molecule has 2 aromatic rings. The fourth-order valence-electron chi connectivity index (χ4n) is 5.56. The third-order valence-electron chi connectivity index (χ3n) is 8.18. The standard InChI is InChI=1S/C29H34N6O8/c1-18-16-20(10-12-22(18)34(40)41)32-24(36)28(3,4)30(26(32)38)14-8-7-9-15-31-27(39)33(25(37)29(31,5)6)21-11-13-23(35(42)43)19(2)17-21/h10-13,16-17H,7-9,14-15H2,1-6H3. The van der Waals surface area contributed by atoms with Gasteiger partial charge in [0.15, 0.2) is 0 Å². The molecule has 2 fully saturated rings. The van der Waals surface area contributed by atoms with Gasteiger partial charge in [-0.2, -0.15) is 0 Å². The van der Waals surface area contributed by atoms with Gasteiger partial charge in [0.1, 0.15) is 11.1 Å². The minimum absolute atomic E-state index is 0.105. The van der Waals surface area contributed by atoms with E-state index in [1.54, 1.807) is 41.5 Å². The van der Waals surface area contributed by atoms with Crippen LogP contribution in [0.15, 0.2) is 36.4 Å². The molecule has 2 aliphatic heterocycles. The molecule has 14 heteroatoms. The Morgan fingerprint density at radius 3 is 1.28 bits per heavy atom. The minimum Gasteiger partial charge on any atom is -0.310 e. The normalized spacial score (nSPS) is 17.8. The number of nitro groups is 2.